The maximum absolute atomic E-state index is 10.7. The molecule has 2 rings (SSSR count). The Bertz CT molecular complexity index is 438. The predicted octanol–water partition coefficient (Wildman–Crippen LogP) is 2.39. The predicted molar refractivity (Wildman–Crippen MR) is 64.5 cm³/mol. The number of benzene rings is 1. The minimum absolute atomic E-state index is 0.0473. The van der Waals surface area contributed by atoms with Gasteiger partial charge in [0.15, 0.2) is 0 Å². The summed E-state index contributed by atoms with van der Waals surface area (Å²) in [6.07, 6.45) is 0. The van der Waals surface area contributed by atoms with Gasteiger partial charge in [-0.3, -0.25) is 4.79 Å². The lowest BCUT2D eigenvalue weighted by atomic mass is 10.2. The molecule has 0 saturated heterocycles. The molecule has 0 saturated carbocycles. The molecule has 0 fully saturated rings. The third kappa shape index (κ3) is 2.25. The van der Waals surface area contributed by atoms with Crippen LogP contribution in [0.1, 0.15) is 0 Å². The average molecular weight is 307 g/mol. The highest BCUT2D eigenvalue weighted by atomic mass is 79.9. The Kier molecular flexibility index (Phi) is 3.25. The zero-order chi connectivity index (χ0) is 11.7. The van der Waals surface area contributed by atoms with E-state index in [1.165, 1.54) is 0 Å². The molecule has 1 aromatic carbocycles. The van der Waals surface area contributed by atoms with Gasteiger partial charge in [-0.05, 0) is 28.1 Å². The number of fused-ring (bicyclic) bond motifs is 1. The Morgan fingerprint density at radius 2 is 2.38 bits per heavy atom. The SMILES string of the molecule is O=C(O)CN1CCOc2cc(Br)c(Cl)cc21. The van der Waals surface area contributed by atoms with Crippen molar-refractivity contribution >= 4 is 39.2 Å². The number of carboxylic acid groups (broad SMARTS) is 1. The minimum atomic E-state index is -0.869. The van der Waals surface area contributed by atoms with Crippen LogP contribution in [0.5, 0.6) is 5.75 Å². The summed E-state index contributed by atoms with van der Waals surface area (Å²) in [4.78, 5) is 12.4. The molecule has 0 atom stereocenters. The van der Waals surface area contributed by atoms with Gasteiger partial charge in [-0.2, -0.15) is 0 Å². The van der Waals surface area contributed by atoms with Crippen LogP contribution in [0.25, 0.3) is 0 Å². The molecule has 0 spiro atoms. The average Bonchev–Trinajstić information content (AvgIpc) is 2.20. The lowest BCUT2D eigenvalue weighted by Crippen LogP contribution is -2.36. The van der Waals surface area contributed by atoms with E-state index in [4.69, 9.17) is 21.4 Å². The number of hydrogen-bond acceptors (Lipinski definition) is 3. The molecular formula is C10H9BrClNO3. The quantitative estimate of drug-likeness (QED) is 0.911. The Hall–Kier alpha value is -0.940. The zero-order valence-corrected chi connectivity index (χ0v) is 10.6. The van der Waals surface area contributed by atoms with E-state index in [2.05, 4.69) is 15.9 Å². The number of carboxylic acids is 1. The molecular weight excluding hydrogens is 297 g/mol. The number of hydrogen-bond donors (Lipinski definition) is 1. The number of carbonyl (C=O) groups is 1. The van der Waals surface area contributed by atoms with E-state index in [1.54, 1.807) is 17.0 Å². The molecule has 1 N–H and O–H groups in total. The monoisotopic (exact) mass is 305 g/mol. The first-order chi connectivity index (χ1) is 7.58. The summed E-state index contributed by atoms with van der Waals surface area (Å²) in [5.74, 6) is -0.212. The van der Waals surface area contributed by atoms with Crippen molar-refractivity contribution in [2.24, 2.45) is 0 Å². The molecule has 0 aromatic heterocycles. The van der Waals surface area contributed by atoms with E-state index in [9.17, 15) is 4.79 Å². The van der Waals surface area contributed by atoms with Gasteiger partial charge in [0.05, 0.1) is 17.3 Å². The van der Waals surface area contributed by atoms with Crippen LogP contribution in [-0.4, -0.2) is 30.8 Å². The van der Waals surface area contributed by atoms with Crippen molar-refractivity contribution in [1.29, 1.82) is 0 Å². The number of nitrogens with zero attached hydrogens (tertiary/aromatic N) is 1. The highest BCUT2D eigenvalue weighted by Crippen LogP contribution is 2.38. The van der Waals surface area contributed by atoms with Crippen LogP contribution < -0.4 is 9.64 Å². The summed E-state index contributed by atoms with van der Waals surface area (Å²) in [5.41, 5.74) is 0.724. The summed E-state index contributed by atoms with van der Waals surface area (Å²) in [7, 11) is 0. The molecule has 0 aliphatic carbocycles. The molecule has 0 radical (unpaired) electrons. The van der Waals surface area contributed by atoms with Crippen molar-refractivity contribution in [2.75, 3.05) is 24.6 Å². The van der Waals surface area contributed by atoms with E-state index >= 15 is 0 Å². The van der Waals surface area contributed by atoms with Gasteiger partial charge in [0.25, 0.3) is 0 Å². The van der Waals surface area contributed by atoms with Crippen molar-refractivity contribution in [3.63, 3.8) is 0 Å². The van der Waals surface area contributed by atoms with Crippen molar-refractivity contribution in [2.45, 2.75) is 0 Å². The van der Waals surface area contributed by atoms with Gasteiger partial charge in [0, 0.05) is 4.47 Å². The van der Waals surface area contributed by atoms with Crippen molar-refractivity contribution < 1.29 is 14.6 Å². The summed E-state index contributed by atoms with van der Waals surface area (Å²) < 4.78 is 6.19. The number of rotatable bonds is 2. The smallest absolute Gasteiger partial charge is 0.323 e. The molecule has 1 aliphatic rings. The van der Waals surface area contributed by atoms with E-state index in [0.717, 1.165) is 10.2 Å². The highest BCUT2D eigenvalue weighted by Gasteiger charge is 2.21. The second kappa shape index (κ2) is 4.51. The molecule has 0 bridgehead atoms. The van der Waals surface area contributed by atoms with Crippen molar-refractivity contribution in [1.82, 2.24) is 0 Å². The van der Waals surface area contributed by atoms with Gasteiger partial charge in [-0.25, -0.2) is 0 Å². The minimum Gasteiger partial charge on any atom is -0.490 e. The molecule has 6 heteroatoms. The molecule has 86 valence electrons. The van der Waals surface area contributed by atoms with Crippen LogP contribution in [-0.2, 0) is 4.79 Å². The third-order valence-corrected chi connectivity index (χ3v) is 3.48. The van der Waals surface area contributed by atoms with Crippen molar-refractivity contribution in [3.05, 3.63) is 21.6 Å². The normalized spacial score (nSPS) is 14.2. The summed E-state index contributed by atoms with van der Waals surface area (Å²) in [5, 5.41) is 9.33. The Morgan fingerprint density at radius 3 is 3.06 bits per heavy atom. The van der Waals surface area contributed by atoms with Gasteiger partial charge in [0.2, 0.25) is 0 Å². The first-order valence-corrected chi connectivity index (χ1v) is 5.83. The van der Waals surface area contributed by atoms with Gasteiger partial charge < -0.3 is 14.7 Å². The topological polar surface area (TPSA) is 49.8 Å². The van der Waals surface area contributed by atoms with Crippen LogP contribution in [0.3, 0.4) is 0 Å². The molecule has 16 heavy (non-hydrogen) atoms. The Morgan fingerprint density at radius 1 is 1.62 bits per heavy atom. The van der Waals surface area contributed by atoms with Crippen LogP contribution in [0, 0.1) is 0 Å². The standard InChI is InChI=1S/C10H9BrClNO3/c11-6-3-9-8(4-7(6)12)13(1-2-16-9)5-10(14)15/h3-4H,1-2,5H2,(H,14,15). The first kappa shape index (κ1) is 11.5. The fourth-order valence-corrected chi connectivity index (χ4v) is 2.07. The van der Waals surface area contributed by atoms with Gasteiger partial charge in [-0.15, -0.1) is 0 Å². The Labute approximate surface area is 106 Å². The van der Waals surface area contributed by atoms with Gasteiger partial charge in [0.1, 0.15) is 18.9 Å². The van der Waals surface area contributed by atoms with E-state index in [1.807, 2.05) is 0 Å². The third-order valence-electron chi connectivity index (χ3n) is 2.29. The number of aliphatic carboxylic acids is 1. The van der Waals surface area contributed by atoms with Gasteiger partial charge >= 0.3 is 5.97 Å². The maximum Gasteiger partial charge on any atom is 0.323 e. The number of ether oxygens (including phenoxy) is 1. The maximum atomic E-state index is 10.7. The summed E-state index contributed by atoms with van der Waals surface area (Å²) >= 11 is 9.27. The lowest BCUT2D eigenvalue weighted by Gasteiger charge is -2.30. The van der Waals surface area contributed by atoms with Crippen LogP contribution in [0.15, 0.2) is 16.6 Å². The molecule has 4 nitrogen and oxygen atoms in total. The van der Waals surface area contributed by atoms with E-state index < -0.39 is 5.97 Å². The number of anilines is 1. The zero-order valence-electron chi connectivity index (χ0n) is 8.24. The molecule has 0 unspecified atom stereocenters. The van der Waals surface area contributed by atoms with E-state index in [0.29, 0.717) is 23.9 Å². The second-order valence-electron chi connectivity index (χ2n) is 3.40. The second-order valence-corrected chi connectivity index (χ2v) is 4.66. The summed E-state index contributed by atoms with van der Waals surface area (Å²) in [6.45, 7) is 0.986. The molecule has 0 amide bonds. The fraction of sp³-hybridized carbons (Fsp3) is 0.300. The van der Waals surface area contributed by atoms with Crippen molar-refractivity contribution in [3.8, 4) is 5.75 Å². The van der Waals surface area contributed by atoms with Crippen LogP contribution >= 0.6 is 27.5 Å². The van der Waals surface area contributed by atoms with E-state index in [-0.39, 0.29) is 6.54 Å². The van der Waals surface area contributed by atoms with Gasteiger partial charge in [-0.1, -0.05) is 11.6 Å². The lowest BCUT2D eigenvalue weighted by molar-refractivity contribution is -0.135. The first-order valence-electron chi connectivity index (χ1n) is 4.66. The number of halogens is 2. The van der Waals surface area contributed by atoms with Crippen LogP contribution in [0.2, 0.25) is 5.02 Å². The van der Waals surface area contributed by atoms with Crippen LogP contribution in [0.4, 0.5) is 5.69 Å². The largest absolute Gasteiger partial charge is 0.490 e. The molecule has 1 heterocycles. The molecule has 1 aromatic rings. The summed E-state index contributed by atoms with van der Waals surface area (Å²) in [6, 6.07) is 3.47. The molecule has 1 aliphatic heterocycles. The highest BCUT2D eigenvalue weighted by molar-refractivity contribution is 9.10. The Balaban J connectivity index is 2.37. The fourth-order valence-electron chi connectivity index (χ4n) is 1.59.